The van der Waals surface area contributed by atoms with E-state index in [-0.39, 0.29) is 16.0 Å². The van der Waals surface area contributed by atoms with Crippen LogP contribution in [0.15, 0.2) is 48.5 Å². The molecule has 1 aliphatic heterocycles. The number of hydrogen-bond donors (Lipinski definition) is 1. The fourth-order valence-electron chi connectivity index (χ4n) is 3.25. The highest BCUT2D eigenvalue weighted by Gasteiger charge is 2.34. The minimum absolute atomic E-state index is 0.0215. The number of nitro benzene ring substituents is 1. The van der Waals surface area contributed by atoms with Crippen LogP contribution in [-0.4, -0.2) is 31.8 Å². The van der Waals surface area contributed by atoms with Crippen LogP contribution in [-0.2, 0) is 10.2 Å². The zero-order valence-electron chi connectivity index (χ0n) is 14.2. The van der Waals surface area contributed by atoms with Gasteiger partial charge in [0.2, 0.25) is 0 Å². The third-order valence-corrected chi connectivity index (χ3v) is 4.86. The van der Waals surface area contributed by atoms with Crippen LogP contribution in [0, 0.1) is 10.1 Å². The minimum Gasteiger partial charge on any atom is -0.497 e. The smallest absolute Gasteiger partial charge is 0.269 e. The second-order valence-corrected chi connectivity index (χ2v) is 6.28. The summed E-state index contributed by atoms with van der Waals surface area (Å²) in [5, 5.41) is 14.2. The van der Waals surface area contributed by atoms with Crippen LogP contribution in [0.2, 0.25) is 0 Å². The number of methoxy groups -OCH3 is 1. The van der Waals surface area contributed by atoms with Crippen LogP contribution >= 0.6 is 0 Å². The molecule has 6 nitrogen and oxygen atoms in total. The van der Waals surface area contributed by atoms with Crippen LogP contribution in [0.4, 0.5) is 11.4 Å². The molecule has 2 aromatic carbocycles. The van der Waals surface area contributed by atoms with Gasteiger partial charge in [-0.25, -0.2) is 0 Å². The number of nitrogens with one attached hydrogen (secondary N) is 1. The summed E-state index contributed by atoms with van der Waals surface area (Å²) in [6.07, 6.45) is 1.86. The molecule has 2 aromatic rings. The average Bonchev–Trinajstić information content (AvgIpc) is 2.67. The zero-order chi connectivity index (χ0) is 17.7. The summed E-state index contributed by atoms with van der Waals surface area (Å²) in [4.78, 5) is 10.4. The molecule has 132 valence electrons. The van der Waals surface area contributed by atoms with Crippen molar-refractivity contribution in [1.29, 1.82) is 0 Å². The van der Waals surface area contributed by atoms with Gasteiger partial charge in [0, 0.05) is 43.0 Å². The molecule has 0 saturated carbocycles. The maximum atomic E-state index is 10.8. The van der Waals surface area contributed by atoms with Gasteiger partial charge in [-0.2, -0.15) is 0 Å². The summed E-state index contributed by atoms with van der Waals surface area (Å²) < 4.78 is 10.8. The predicted molar refractivity (Wildman–Crippen MR) is 96.3 cm³/mol. The lowest BCUT2D eigenvalue weighted by molar-refractivity contribution is -0.384. The van der Waals surface area contributed by atoms with Gasteiger partial charge in [0.15, 0.2) is 0 Å². The number of ether oxygens (including phenoxy) is 2. The summed E-state index contributed by atoms with van der Waals surface area (Å²) in [6, 6.07) is 14.7. The molecule has 0 radical (unpaired) electrons. The lowest BCUT2D eigenvalue weighted by Gasteiger charge is -2.38. The molecule has 0 bridgehead atoms. The van der Waals surface area contributed by atoms with Gasteiger partial charge in [0.05, 0.1) is 12.0 Å². The van der Waals surface area contributed by atoms with Crippen molar-refractivity contribution in [3.63, 3.8) is 0 Å². The number of non-ortho nitro benzene ring substituents is 1. The van der Waals surface area contributed by atoms with Crippen molar-refractivity contribution in [3.05, 3.63) is 64.2 Å². The standard InChI is InChI=1S/C19H22N2O4/c1-24-18-8-2-15(3-9-18)19(10-12-25-13-11-19)14-20-16-4-6-17(7-5-16)21(22)23/h2-9,20H,10-14H2,1H3. The molecule has 0 atom stereocenters. The molecular formula is C19H22N2O4. The van der Waals surface area contributed by atoms with Crippen molar-refractivity contribution in [2.24, 2.45) is 0 Å². The molecule has 0 unspecified atom stereocenters. The van der Waals surface area contributed by atoms with Crippen molar-refractivity contribution in [2.45, 2.75) is 18.3 Å². The van der Waals surface area contributed by atoms with Crippen molar-refractivity contribution in [3.8, 4) is 5.75 Å². The second-order valence-electron chi connectivity index (χ2n) is 6.28. The molecule has 1 N–H and O–H groups in total. The average molecular weight is 342 g/mol. The lowest BCUT2D eigenvalue weighted by Crippen LogP contribution is -2.40. The number of nitrogens with zero attached hydrogens (tertiary/aromatic N) is 1. The van der Waals surface area contributed by atoms with E-state index in [1.54, 1.807) is 19.2 Å². The van der Waals surface area contributed by atoms with Crippen molar-refractivity contribution >= 4 is 11.4 Å². The highest BCUT2D eigenvalue weighted by Crippen LogP contribution is 2.36. The van der Waals surface area contributed by atoms with E-state index in [4.69, 9.17) is 9.47 Å². The van der Waals surface area contributed by atoms with Gasteiger partial charge in [-0.3, -0.25) is 10.1 Å². The third kappa shape index (κ3) is 3.91. The molecule has 1 aliphatic rings. The third-order valence-electron chi connectivity index (χ3n) is 4.86. The monoisotopic (exact) mass is 342 g/mol. The molecule has 25 heavy (non-hydrogen) atoms. The molecule has 0 spiro atoms. The quantitative estimate of drug-likeness (QED) is 0.639. The van der Waals surface area contributed by atoms with Crippen molar-refractivity contribution in [1.82, 2.24) is 0 Å². The summed E-state index contributed by atoms with van der Waals surface area (Å²) >= 11 is 0. The summed E-state index contributed by atoms with van der Waals surface area (Å²) in [5.74, 6) is 0.842. The number of hydrogen-bond acceptors (Lipinski definition) is 5. The largest absolute Gasteiger partial charge is 0.497 e. The van der Waals surface area contributed by atoms with Gasteiger partial charge in [0.25, 0.3) is 5.69 Å². The van der Waals surface area contributed by atoms with Crippen molar-refractivity contribution < 1.29 is 14.4 Å². The molecule has 0 amide bonds. The highest BCUT2D eigenvalue weighted by atomic mass is 16.6. The van der Waals surface area contributed by atoms with E-state index in [0.717, 1.165) is 44.0 Å². The topological polar surface area (TPSA) is 73.6 Å². The van der Waals surface area contributed by atoms with E-state index in [1.165, 1.54) is 17.7 Å². The Labute approximate surface area is 146 Å². The maximum absolute atomic E-state index is 10.8. The number of nitro groups is 1. The van der Waals surface area contributed by atoms with Crippen LogP contribution in [0.25, 0.3) is 0 Å². The Morgan fingerprint density at radius 1 is 1.12 bits per heavy atom. The molecule has 1 heterocycles. The molecule has 0 aromatic heterocycles. The molecule has 1 saturated heterocycles. The van der Waals surface area contributed by atoms with E-state index in [1.807, 2.05) is 12.1 Å². The molecule has 6 heteroatoms. The van der Waals surface area contributed by atoms with E-state index in [0.29, 0.717) is 0 Å². The number of anilines is 1. The van der Waals surface area contributed by atoms with Crippen LogP contribution < -0.4 is 10.1 Å². The Balaban J connectivity index is 1.77. The molecule has 1 fully saturated rings. The van der Waals surface area contributed by atoms with Gasteiger partial charge in [-0.15, -0.1) is 0 Å². The summed E-state index contributed by atoms with van der Waals surface area (Å²) in [5.41, 5.74) is 2.21. The Morgan fingerprint density at radius 2 is 1.76 bits per heavy atom. The van der Waals surface area contributed by atoms with Crippen LogP contribution in [0.5, 0.6) is 5.75 Å². The first-order chi connectivity index (χ1) is 12.1. The Kier molecular flexibility index (Phi) is 5.19. The van der Waals surface area contributed by atoms with E-state index >= 15 is 0 Å². The Hall–Kier alpha value is -2.60. The first-order valence-electron chi connectivity index (χ1n) is 8.34. The second kappa shape index (κ2) is 7.53. The minimum atomic E-state index is -0.388. The molecular weight excluding hydrogens is 320 g/mol. The normalized spacial score (nSPS) is 16.2. The lowest BCUT2D eigenvalue weighted by atomic mass is 9.74. The van der Waals surface area contributed by atoms with Gasteiger partial charge in [0.1, 0.15) is 5.75 Å². The van der Waals surface area contributed by atoms with Gasteiger partial charge in [-0.1, -0.05) is 12.1 Å². The summed E-state index contributed by atoms with van der Waals surface area (Å²) in [7, 11) is 1.66. The molecule has 0 aliphatic carbocycles. The number of benzene rings is 2. The van der Waals surface area contributed by atoms with Crippen molar-refractivity contribution in [2.75, 3.05) is 32.2 Å². The highest BCUT2D eigenvalue weighted by molar-refractivity contribution is 5.49. The van der Waals surface area contributed by atoms with Gasteiger partial charge < -0.3 is 14.8 Å². The SMILES string of the molecule is COc1ccc(C2(CNc3ccc([N+](=O)[O-])cc3)CCOCC2)cc1. The van der Waals surface area contributed by atoms with Crippen LogP contribution in [0.3, 0.4) is 0 Å². The van der Waals surface area contributed by atoms with E-state index < -0.39 is 0 Å². The molecule has 3 rings (SSSR count). The fourth-order valence-corrected chi connectivity index (χ4v) is 3.25. The fraction of sp³-hybridized carbons (Fsp3) is 0.368. The Morgan fingerprint density at radius 3 is 2.32 bits per heavy atom. The van der Waals surface area contributed by atoms with Gasteiger partial charge >= 0.3 is 0 Å². The zero-order valence-corrected chi connectivity index (χ0v) is 14.2. The predicted octanol–water partition coefficient (Wildman–Crippen LogP) is 3.76. The van der Waals surface area contributed by atoms with E-state index in [2.05, 4.69) is 17.4 Å². The van der Waals surface area contributed by atoms with E-state index in [9.17, 15) is 10.1 Å². The number of rotatable bonds is 6. The van der Waals surface area contributed by atoms with Gasteiger partial charge in [-0.05, 0) is 42.7 Å². The Bertz CT molecular complexity index is 707. The summed E-state index contributed by atoms with van der Waals surface area (Å²) in [6.45, 7) is 2.21. The maximum Gasteiger partial charge on any atom is 0.269 e. The first-order valence-corrected chi connectivity index (χ1v) is 8.34. The first kappa shape index (κ1) is 17.2. The van der Waals surface area contributed by atoms with Crippen LogP contribution in [0.1, 0.15) is 18.4 Å².